The molecule has 3 atom stereocenters. The average Bonchev–Trinajstić information content (AvgIpc) is 3.31. The van der Waals surface area contributed by atoms with Gasteiger partial charge >= 0.3 is 5.97 Å². The molecule has 2 aromatic rings. The van der Waals surface area contributed by atoms with Gasteiger partial charge in [-0.15, -0.1) is 0 Å². The fourth-order valence-electron chi connectivity index (χ4n) is 4.35. The first kappa shape index (κ1) is 26.7. The lowest BCUT2D eigenvalue weighted by Crippen LogP contribution is -2.66. The first-order valence-corrected chi connectivity index (χ1v) is 12.9. The Hall–Kier alpha value is -2.86. The largest absolute Gasteiger partial charge is 0.478 e. The summed E-state index contributed by atoms with van der Waals surface area (Å²) in [4.78, 5) is 35.0. The van der Waals surface area contributed by atoms with Crippen molar-refractivity contribution >= 4 is 21.9 Å². The predicted molar refractivity (Wildman–Crippen MR) is 129 cm³/mol. The molecule has 0 spiro atoms. The third kappa shape index (κ3) is 6.23. The zero-order valence-corrected chi connectivity index (χ0v) is 21.1. The maximum absolute atomic E-state index is 13.5. The second-order valence-corrected chi connectivity index (χ2v) is 10.6. The highest BCUT2D eigenvalue weighted by molar-refractivity contribution is 7.89. The number of nitrogens with zero attached hydrogens (tertiary/aromatic N) is 1. The van der Waals surface area contributed by atoms with Crippen molar-refractivity contribution in [1.29, 1.82) is 0 Å². The predicted octanol–water partition coefficient (Wildman–Crippen LogP) is 2.06. The second-order valence-electron chi connectivity index (χ2n) is 9.02. The molecular weight excluding hydrogens is 472 g/mol. The average molecular weight is 505 g/mol. The second kappa shape index (κ2) is 10.8. The molecule has 35 heavy (non-hydrogen) atoms. The van der Waals surface area contributed by atoms with Gasteiger partial charge < -0.3 is 10.4 Å². The van der Waals surface area contributed by atoms with Crippen molar-refractivity contribution in [3.05, 3.63) is 58.9 Å². The third-order valence-corrected chi connectivity index (χ3v) is 7.85. The van der Waals surface area contributed by atoms with Gasteiger partial charge in [0.05, 0.1) is 4.90 Å². The lowest BCUT2D eigenvalue weighted by Gasteiger charge is -2.33. The van der Waals surface area contributed by atoms with Gasteiger partial charge in [-0.2, -0.15) is 4.72 Å². The van der Waals surface area contributed by atoms with Crippen LogP contribution >= 0.6 is 0 Å². The van der Waals surface area contributed by atoms with Crippen LogP contribution in [-0.4, -0.2) is 48.7 Å². The summed E-state index contributed by atoms with van der Waals surface area (Å²) < 4.78 is 29.4. The molecule has 1 saturated heterocycles. The fourth-order valence-corrected chi connectivity index (χ4v) is 6.11. The molecule has 190 valence electrons. The van der Waals surface area contributed by atoms with Gasteiger partial charge in [-0.3, -0.25) is 14.6 Å². The Labute approximate surface area is 205 Å². The Kier molecular flexibility index (Phi) is 8.26. The number of carbonyl (C=O) groups is 2. The zero-order valence-electron chi connectivity index (χ0n) is 20.3. The van der Waals surface area contributed by atoms with Gasteiger partial charge in [-0.05, 0) is 69.2 Å². The number of aliphatic carboxylic acids is 1. The molecule has 2 heterocycles. The number of carboxylic acids is 1. The lowest BCUT2D eigenvalue weighted by atomic mass is 9.94. The number of nitrogens with one attached hydrogen (secondary N) is 3. The number of hydrogen-bond acceptors (Lipinski definition) is 7. The van der Waals surface area contributed by atoms with Gasteiger partial charge in [0, 0.05) is 18.4 Å². The first-order valence-electron chi connectivity index (χ1n) is 11.4. The van der Waals surface area contributed by atoms with Crippen molar-refractivity contribution in [3.63, 3.8) is 0 Å². The van der Waals surface area contributed by atoms with Gasteiger partial charge in [-0.1, -0.05) is 30.7 Å². The molecule has 0 bridgehead atoms. The monoisotopic (exact) mass is 504 g/mol. The van der Waals surface area contributed by atoms with E-state index in [4.69, 9.17) is 4.84 Å². The highest BCUT2D eigenvalue weighted by atomic mass is 32.2. The van der Waals surface area contributed by atoms with E-state index < -0.39 is 33.7 Å². The Bertz CT molecular complexity index is 1160. The van der Waals surface area contributed by atoms with Crippen LogP contribution in [0.4, 0.5) is 0 Å². The number of aromatic nitrogens is 1. The molecule has 1 amide bonds. The van der Waals surface area contributed by atoms with Crippen molar-refractivity contribution < 1.29 is 28.0 Å². The highest BCUT2D eigenvalue weighted by Crippen LogP contribution is 2.27. The van der Waals surface area contributed by atoms with E-state index in [0.29, 0.717) is 24.1 Å². The van der Waals surface area contributed by atoms with Gasteiger partial charge in [-0.25, -0.2) is 18.7 Å². The molecule has 1 aliphatic heterocycles. The molecule has 1 aromatic carbocycles. The van der Waals surface area contributed by atoms with E-state index in [1.54, 1.807) is 38.2 Å². The number of rotatable bonds is 10. The van der Waals surface area contributed by atoms with Gasteiger partial charge in [0.2, 0.25) is 15.7 Å². The van der Waals surface area contributed by atoms with E-state index in [1.165, 1.54) is 0 Å². The smallest absolute Gasteiger partial charge is 0.345 e. The van der Waals surface area contributed by atoms with Crippen LogP contribution in [-0.2, 0) is 24.4 Å². The van der Waals surface area contributed by atoms with E-state index in [-0.39, 0.29) is 23.7 Å². The number of sulfonamides is 1. The standard InChI is InChI=1S/C24H32N4O6S/c1-15-13-17(3)21(18(4)14-15)35(32,33)28-24(23(30)31,27-22(29)20-9-12-26-34-20)10-8-16(2)19-7-5-6-11-25-19/h5-7,11,13-14,16,20,26,28H,8-10,12H2,1-4H3,(H,27,29)(H,30,31). The maximum Gasteiger partial charge on any atom is 0.345 e. The van der Waals surface area contributed by atoms with Crippen LogP contribution in [0, 0.1) is 20.8 Å². The molecular formula is C24H32N4O6S. The van der Waals surface area contributed by atoms with E-state index in [1.807, 2.05) is 26.0 Å². The molecule has 3 rings (SSSR count). The van der Waals surface area contributed by atoms with Gasteiger partial charge in [0.15, 0.2) is 6.10 Å². The number of carboxylic acid groups (broad SMARTS) is 1. The SMILES string of the molecule is Cc1cc(C)c(S(=O)(=O)NC(CCC(C)c2ccccn2)(NC(=O)C2CCNO2)C(=O)O)c(C)c1. The summed E-state index contributed by atoms with van der Waals surface area (Å²) in [5.74, 6) is -2.43. The summed E-state index contributed by atoms with van der Waals surface area (Å²) >= 11 is 0. The lowest BCUT2D eigenvalue weighted by molar-refractivity contribution is -0.151. The first-order chi connectivity index (χ1) is 16.4. The van der Waals surface area contributed by atoms with E-state index in [0.717, 1.165) is 11.3 Å². The minimum atomic E-state index is -4.34. The van der Waals surface area contributed by atoms with Crippen molar-refractivity contribution in [2.45, 2.75) is 69.5 Å². The number of pyridine rings is 1. The Balaban J connectivity index is 1.98. The van der Waals surface area contributed by atoms with E-state index in [9.17, 15) is 23.1 Å². The number of benzene rings is 1. The summed E-state index contributed by atoms with van der Waals surface area (Å²) in [5.41, 5.74) is 2.85. The van der Waals surface area contributed by atoms with Gasteiger partial charge in [0.25, 0.3) is 5.91 Å². The van der Waals surface area contributed by atoms with Crippen LogP contribution in [0.1, 0.15) is 54.5 Å². The van der Waals surface area contributed by atoms with E-state index in [2.05, 4.69) is 20.5 Å². The Morgan fingerprint density at radius 1 is 1.26 bits per heavy atom. The van der Waals surface area contributed by atoms with Crippen LogP contribution < -0.4 is 15.5 Å². The zero-order chi connectivity index (χ0) is 25.8. The maximum atomic E-state index is 13.5. The van der Waals surface area contributed by atoms with Crippen LogP contribution in [0.3, 0.4) is 0 Å². The molecule has 3 unspecified atom stereocenters. The number of amides is 1. The molecule has 1 aliphatic rings. The Morgan fingerprint density at radius 3 is 2.49 bits per heavy atom. The van der Waals surface area contributed by atoms with Crippen molar-refractivity contribution in [3.8, 4) is 0 Å². The number of aryl methyl sites for hydroxylation is 3. The van der Waals surface area contributed by atoms with Crippen molar-refractivity contribution in [2.75, 3.05) is 6.54 Å². The van der Waals surface area contributed by atoms with Crippen LogP contribution in [0.2, 0.25) is 0 Å². The van der Waals surface area contributed by atoms with Crippen molar-refractivity contribution in [1.82, 2.24) is 20.5 Å². The molecule has 10 nitrogen and oxygen atoms in total. The highest BCUT2D eigenvalue weighted by Gasteiger charge is 2.46. The molecule has 11 heteroatoms. The molecule has 0 saturated carbocycles. The molecule has 4 N–H and O–H groups in total. The normalized spacial score (nSPS) is 18.6. The molecule has 0 radical (unpaired) electrons. The quantitative estimate of drug-likeness (QED) is 0.360. The molecule has 0 aliphatic carbocycles. The third-order valence-electron chi connectivity index (χ3n) is 6.06. The molecule has 1 fully saturated rings. The minimum absolute atomic E-state index is 0.0143. The topological polar surface area (TPSA) is 147 Å². The fraction of sp³-hybridized carbons (Fsp3) is 0.458. The summed E-state index contributed by atoms with van der Waals surface area (Å²) in [5, 5.41) is 12.7. The summed E-state index contributed by atoms with van der Waals surface area (Å²) in [6.45, 7) is 7.43. The number of carbonyl (C=O) groups excluding carboxylic acids is 1. The summed E-state index contributed by atoms with van der Waals surface area (Å²) in [6.07, 6.45) is 1.05. The summed E-state index contributed by atoms with van der Waals surface area (Å²) in [7, 11) is -4.34. The van der Waals surface area contributed by atoms with Gasteiger partial charge in [0.1, 0.15) is 0 Å². The summed E-state index contributed by atoms with van der Waals surface area (Å²) in [6, 6.07) is 8.83. The van der Waals surface area contributed by atoms with Crippen LogP contribution in [0.25, 0.3) is 0 Å². The Morgan fingerprint density at radius 2 is 1.94 bits per heavy atom. The van der Waals surface area contributed by atoms with Crippen LogP contribution in [0.15, 0.2) is 41.4 Å². The molecule has 1 aromatic heterocycles. The van der Waals surface area contributed by atoms with E-state index >= 15 is 0 Å². The number of hydrogen-bond donors (Lipinski definition) is 4. The number of hydroxylamine groups is 1. The van der Waals surface area contributed by atoms with Crippen molar-refractivity contribution in [2.24, 2.45) is 0 Å². The van der Waals surface area contributed by atoms with Crippen LogP contribution in [0.5, 0.6) is 0 Å². The minimum Gasteiger partial charge on any atom is -0.478 e.